The molecule has 3 rings (SSSR count). The van der Waals surface area contributed by atoms with Crippen molar-refractivity contribution in [3.05, 3.63) is 144 Å². The second-order valence-corrected chi connectivity index (χ2v) is 9.68. The van der Waals surface area contributed by atoms with Gasteiger partial charge in [0.1, 0.15) is 0 Å². The molecule has 0 aliphatic carbocycles. The van der Waals surface area contributed by atoms with Crippen LogP contribution in [0, 0.1) is 6.92 Å². The molecule has 0 saturated heterocycles. The average Bonchev–Trinajstić information content (AvgIpc) is 3.01. The van der Waals surface area contributed by atoms with Crippen LogP contribution in [0.4, 0.5) is 0 Å². The Morgan fingerprint density at radius 2 is 1.62 bits per heavy atom. The van der Waals surface area contributed by atoms with E-state index in [4.69, 9.17) is 0 Å². The molecule has 0 radical (unpaired) electrons. The minimum Gasteiger partial charge on any atom is -0.381 e. The van der Waals surface area contributed by atoms with Gasteiger partial charge >= 0.3 is 0 Å². The molecule has 2 nitrogen and oxygen atoms in total. The van der Waals surface area contributed by atoms with Gasteiger partial charge in [-0.25, -0.2) is 0 Å². The predicted octanol–water partition coefficient (Wildman–Crippen LogP) is 10.7. The predicted molar refractivity (Wildman–Crippen MR) is 179 cm³/mol. The first-order chi connectivity index (χ1) is 19.4. The summed E-state index contributed by atoms with van der Waals surface area (Å²) in [5.74, 6) is 0. The molecule has 0 saturated carbocycles. The Balaban J connectivity index is 0.00000122. The molecule has 2 atom stereocenters. The van der Waals surface area contributed by atoms with Crippen LogP contribution < -0.4 is 5.32 Å². The zero-order chi connectivity index (χ0) is 29.9. The van der Waals surface area contributed by atoms with Crippen LogP contribution in [0.25, 0.3) is 0 Å². The van der Waals surface area contributed by atoms with Crippen LogP contribution in [0.15, 0.2) is 122 Å². The summed E-state index contributed by atoms with van der Waals surface area (Å²) in [4.78, 5) is 0. The highest BCUT2D eigenvalue weighted by Gasteiger charge is 2.28. The molecule has 1 N–H and O–H groups in total. The van der Waals surface area contributed by atoms with Gasteiger partial charge < -0.3 is 5.32 Å². The van der Waals surface area contributed by atoms with Gasteiger partial charge in [0.25, 0.3) is 0 Å². The van der Waals surface area contributed by atoms with Crippen LogP contribution in [0.5, 0.6) is 0 Å². The SMILES string of the molecule is C=C/C=C\C(=C)/C(C)=C/[N+](=C(C)c1ccccc1C)C(CC)c1ccccc1C1C=CC=CN1.CC.CCCC. The van der Waals surface area contributed by atoms with Crippen molar-refractivity contribution < 1.29 is 4.58 Å². The summed E-state index contributed by atoms with van der Waals surface area (Å²) >= 11 is 0. The number of nitrogens with one attached hydrogen (secondary N) is 1. The third-order valence-corrected chi connectivity index (χ3v) is 6.89. The third-order valence-electron chi connectivity index (χ3n) is 6.89. The highest BCUT2D eigenvalue weighted by atomic mass is 15.0. The van der Waals surface area contributed by atoms with E-state index in [-0.39, 0.29) is 12.1 Å². The van der Waals surface area contributed by atoms with E-state index in [9.17, 15) is 0 Å². The topological polar surface area (TPSA) is 15.0 Å². The fourth-order valence-electron chi connectivity index (χ4n) is 4.45. The maximum Gasteiger partial charge on any atom is 0.186 e. The second kappa shape index (κ2) is 19.4. The molecule has 1 aliphatic rings. The highest BCUT2D eigenvalue weighted by molar-refractivity contribution is 5.96. The first-order valence-electron chi connectivity index (χ1n) is 14.9. The van der Waals surface area contributed by atoms with Crippen LogP contribution in [0.2, 0.25) is 0 Å². The van der Waals surface area contributed by atoms with Crippen LogP contribution >= 0.6 is 0 Å². The van der Waals surface area contributed by atoms with Crippen molar-refractivity contribution in [2.24, 2.45) is 0 Å². The Labute approximate surface area is 246 Å². The van der Waals surface area contributed by atoms with Gasteiger partial charge in [0.15, 0.2) is 18.0 Å². The van der Waals surface area contributed by atoms with E-state index in [0.29, 0.717) is 0 Å². The fraction of sp³-hybridized carbons (Fsp3) is 0.342. The van der Waals surface area contributed by atoms with Gasteiger partial charge in [0.2, 0.25) is 0 Å². The molecule has 1 aliphatic heterocycles. The summed E-state index contributed by atoms with van der Waals surface area (Å²) in [5, 5.41) is 3.51. The summed E-state index contributed by atoms with van der Waals surface area (Å²) in [6, 6.07) is 17.7. The van der Waals surface area contributed by atoms with Gasteiger partial charge in [-0.1, -0.05) is 133 Å². The zero-order valence-electron chi connectivity index (χ0n) is 26.4. The van der Waals surface area contributed by atoms with E-state index in [1.165, 1.54) is 40.8 Å². The Bertz CT molecular complexity index is 1220. The molecular formula is C38H53N2+. The lowest BCUT2D eigenvalue weighted by Gasteiger charge is -2.23. The van der Waals surface area contributed by atoms with Crippen LogP contribution in [0.1, 0.15) is 102 Å². The van der Waals surface area contributed by atoms with E-state index >= 15 is 0 Å². The Morgan fingerprint density at radius 1 is 0.975 bits per heavy atom. The lowest BCUT2D eigenvalue weighted by atomic mass is 9.92. The fourth-order valence-corrected chi connectivity index (χ4v) is 4.45. The van der Waals surface area contributed by atoms with Gasteiger partial charge in [0.05, 0.1) is 6.04 Å². The summed E-state index contributed by atoms with van der Waals surface area (Å²) in [5.41, 5.74) is 8.49. The van der Waals surface area contributed by atoms with Crippen molar-refractivity contribution in [2.75, 3.05) is 0 Å². The van der Waals surface area contributed by atoms with Crippen LogP contribution in [0.3, 0.4) is 0 Å². The highest BCUT2D eigenvalue weighted by Crippen LogP contribution is 2.31. The van der Waals surface area contributed by atoms with E-state index in [1.807, 2.05) is 38.3 Å². The summed E-state index contributed by atoms with van der Waals surface area (Å²) in [6.07, 6.45) is 20.0. The van der Waals surface area contributed by atoms with E-state index in [0.717, 1.165) is 17.6 Å². The number of allylic oxidation sites excluding steroid dienone is 7. The molecule has 40 heavy (non-hydrogen) atoms. The molecule has 214 valence electrons. The first-order valence-corrected chi connectivity index (χ1v) is 14.9. The van der Waals surface area contributed by atoms with Crippen molar-refractivity contribution >= 4 is 5.71 Å². The molecule has 0 fully saturated rings. The molecule has 0 amide bonds. The minimum absolute atomic E-state index is 0.159. The lowest BCUT2D eigenvalue weighted by molar-refractivity contribution is -0.508. The number of dihydropyridines is 1. The zero-order valence-corrected chi connectivity index (χ0v) is 26.4. The Kier molecular flexibility index (Phi) is 16.7. The molecule has 0 spiro atoms. The monoisotopic (exact) mass is 537 g/mol. The maximum atomic E-state index is 4.28. The summed E-state index contributed by atoms with van der Waals surface area (Å²) in [7, 11) is 0. The standard InChI is InChI=1S/C32H37N2.C4H10.C2H6/c1-7-9-16-24(3)26(5)23-34(27(6)28-18-11-10-17-25(28)4)32(8-2)30-20-13-12-19-29(30)31-21-14-15-22-33-31;1-3-4-2;1-2/h7,9-23,31-33H,1,3,8H2,2,4-6H3;3-4H2,1-2H3;1-2H3/q+1;;/b16-9-,26-23+,34-27?;;. The number of aryl methyl sites for hydroxylation is 1. The molecule has 2 aromatic carbocycles. The minimum atomic E-state index is 0.159. The van der Waals surface area contributed by atoms with E-state index in [2.05, 4.69) is 131 Å². The first kappa shape index (κ1) is 34.4. The van der Waals surface area contributed by atoms with E-state index < -0.39 is 0 Å². The van der Waals surface area contributed by atoms with Crippen LogP contribution in [-0.4, -0.2) is 10.3 Å². The number of hydrogen-bond donors (Lipinski definition) is 1. The Hall–Kier alpha value is -3.65. The van der Waals surface area contributed by atoms with Gasteiger partial charge in [-0.2, -0.15) is 4.58 Å². The quantitative estimate of drug-likeness (QED) is 0.181. The van der Waals surface area contributed by atoms with Gasteiger partial charge in [-0.15, -0.1) is 0 Å². The smallest absolute Gasteiger partial charge is 0.186 e. The van der Waals surface area contributed by atoms with Gasteiger partial charge in [0, 0.05) is 30.0 Å². The number of hydrogen-bond acceptors (Lipinski definition) is 1. The number of rotatable bonds is 10. The van der Waals surface area contributed by atoms with Crippen molar-refractivity contribution in [1.82, 2.24) is 5.32 Å². The van der Waals surface area contributed by atoms with Crippen molar-refractivity contribution in [1.29, 1.82) is 0 Å². The molecule has 0 bridgehead atoms. The summed E-state index contributed by atoms with van der Waals surface area (Å²) < 4.78 is 2.44. The summed E-state index contributed by atoms with van der Waals surface area (Å²) in [6.45, 7) is 25.2. The Morgan fingerprint density at radius 3 is 2.20 bits per heavy atom. The molecular weight excluding hydrogens is 484 g/mol. The van der Waals surface area contributed by atoms with Crippen LogP contribution in [-0.2, 0) is 0 Å². The number of nitrogens with zero attached hydrogens (tertiary/aromatic N) is 1. The molecule has 2 heteroatoms. The van der Waals surface area contributed by atoms with Crippen molar-refractivity contribution in [2.45, 2.75) is 86.7 Å². The third kappa shape index (κ3) is 10.2. The molecule has 2 unspecified atom stereocenters. The maximum absolute atomic E-state index is 4.28. The molecule has 1 heterocycles. The average molecular weight is 538 g/mol. The van der Waals surface area contributed by atoms with Gasteiger partial charge in [-0.3, -0.25) is 0 Å². The second-order valence-electron chi connectivity index (χ2n) is 9.68. The number of unbranched alkanes of at least 4 members (excludes halogenated alkanes) is 1. The number of benzene rings is 2. The normalized spacial score (nSPS) is 15.6. The molecule has 2 aromatic rings. The van der Waals surface area contributed by atoms with Gasteiger partial charge in [-0.05, 0) is 48.9 Å². The van der Waals surface area contributed by atoms with Crippen molar-refractivity contribution in [3.8, 4) is 0 Å². The molecule has 0 aromatic heterocycles. The lowest BCUT2D eigenvalue weighted by Crippen LogP contribution is -2.25. The van der Waals surface area contributed by atoms with Crippen molar-refractivity contribution in [3.63, 3.8) is 0 Å². The largest absolute Gasteiger partial charge is 0.381 e. The van der Waals surface area contributed by atoms with E-state index in [1.54, 1.807) is 6.08 Å².